The van der Waals surface area contributed by atoms with Crippen LogP contribution in [0.15, 0.2) is 53.4 Å². The van der Waals surface area contributed by atoms with Gasteiger partial charge in [0.1, 0.15) is 0 Å². The monoisotopic (exact) mass is 392 g/mol. The van der Waals surface area contributed by atoms with Crippen LogP contribution in [-0.2, 0) is 20.4 Å². The van der Waals surface area contributed by atoms with Crippen LogP contribution >= 0.6 is 11.6 Å². The average molecular weight is 393 g/mol. The van der Waals surface area contributed by atoms with Gasteiger partial charge >= 0.3 is 0 Å². The lowest BCUT2D eigenvalue weighted by atomic mass is 10.0. The number of nitrogens with one attached hydrogen (secondary N) is 2. The van der Waals surface area contributed by atoms with Crippen molar-refractivity contribution in [2.45, 2.75) is 43.2 Å². The number of hydrogen-bond acceptors (Lipinski definition) is 3. The van der Waals surface area contributed by atoms with E-state index < -0.39 is 21.6 Å². The van der Waals surface area contributed by atoms with Crippen molar-refractivity contribution < 1.29 is 13.2 Å². The van der Waals surface area contributed by atoms with Gasteiger partial charge in [0.15, 0.2) is 0 Å². The first-order chi connectivity index (χ1) is 12.2. The molecule has 0 aromatic heterocycles. The Labute approximate surface area is 158 Å². The maximum atomic E-state index is 12.5. The van der Waals surface area contributed by atoms with E-state index in [1.54, 1.807) is 31.2 Å². The number of aryl methyl sites for hydroxylation is 1. The zero-order chi connectivity index (χ0) is 18.9. The van der Waals surface area contributed by atoms with Crippen molar-refractivity contribution in [1.29, 1.82) is 0 Å². The van der Waals surface area contributed by atoms with Gasteiger partial charge in [-0.05, 0) is 56.5 Å². The van der Waals surface area contributed by atoms with E-state index in [1.807, 2.05) is 19.1 Å². The fraction of sp³-hybridized carbons (Fsp3) is 0.316. The molecule has 1 fully saturated rings. The normalized spacial score (nSPS) is 16.7. The van der Waals surface area contributed by atoms with Crippen LogP contribution in [0.1, 0.15) is 30.9 Å². The number of benzene rings is 2. The Morgan fingerprint density at radius 3 is 2.19 bits per heavy atom. The number of rotatable bonds is 6. The highest BCUT2D eigenvalue weighted by Gasteiger charge is 2.46. The molecule has 5 nitrogen and oxygen atoms in total. The number of carbonyl (C=O) groups is 1. The number of amides is 1. The van der Waals surface area contributed by atoms with Crippen LogP contribution in [0, 0.1) is 6.92 Å². The molecule has 0 aliphatic heterocycles. The molecule has 0 bridgehead atoms. The highest BCUT2D eigenvalue weighted by molar-refractivity contribution is 7.89. The maximum absolute atomic E-state index is 12.5. The van der Waals surface area contributed by atoms with Gasteiger partial charge in [0, 0.05) is 5.02 Å². The van der Waals surface area contributed by atoms with Gasteiger partial charge in [-0.1, -0.05) is 41.4 Å². The van der Waals surface area contributed by atoms with Crippen molar-refractivity contribution in [3.05, 3.63) is 64.7 Å². The van der Waals surface area contributed by atoms with Crippen LogP contribution in [0.3, 0.4) is 0 Å². The molecule has 1 aliphatic rings. The second kappa shape index (κ2) is 7.02. The molecule has 1 aliphatic carbocycles. The standard InChI is InChI=1S/C19H21ClN2O3S/c1-13-3-9-17(10-4-13)26(24,25)22-14(2)18(23)21-19(11-12-19)15-5-7-16(20)8-6-15/h3-10,14,22H,11-12H2,1-2H3,(H,21,23)/t14-/m0/s1. The maximum Gasteiger partial charge on any atom is 0.241 e. The molecule has 0 spiro atoms. The Balaban J connectivity index is 1.68. The van der Waals surface area contributed by atoms with Crippen LogP contribution in [0.4, 0.5) is 0 Å². The number of carbonyl (C=O) groups excluding carboxylic acids is 1. The van der Waals surface area contributed by atoms with Crippen molar-refractivity contribution in [1.82, 2.24) is 10.0 Å². The van der Waals surface area contributed by atoms with Gasteiger partial charge in [0.2, 0.25) is 15.9 Å². The smallest absolute Gasteiger partial charge is 0.241 e. The minimum Gasteiger partial charge on any atom is -0.345 e. The molecule has 138 valence electrons. The average Bonchev–Trinajstić information content (AvgIpc) is 3.36. The predicted molar refractivity (Wildman–Crippen MR) is 101 cm³/mol. The molecule has 2 aromatic rings. The van der Waals surface area contributed by atoms with Crippen LogP contribution < -0.4 is 10.0 Å². The van der Waals surface area contributed by atoms with Gasteiger partial charge in [-0.15, -0.1) is 0 Å². The Morgan fingerprint density at radius 2 is 1.65 bits per heavy atom. The molecule has 0 saturated heterocycles. The summed E-state index contributed by atoms with van der Waals surface area (Å²) in [6.45, 7) is 3.42. The van der Waals surface area contributed by atoms with E-state index in [2.05, 4.69) is 10.0 Å². The molecule has 1 saturated carbocycles. The molecule has 3 rings (SSSR count). The van der Waals surface area contributed by atoms with Gasteiger partial charge in [0.25, 0.3) is 0 Å². The predicted octanol–water partition coefficient (Wildman–Crippen LogP) is 3.12. The summed E-state index contributed by atoms with van der Waals surface area (Å²) in [6.07, 6.45) is 1.63. The topological polar surface area (TPSA) is 75.3 Å². The fourth-order valence-corrected chi connectivity index (χ4v) is 4.12. The first-order valence-electron chi connectivity index (χ1n) is 8.39. The molecule has 1 atom stereocenters. The van der Waals surface area contributed by atoms with Crippen molar-refractivity contribution in [2.24, 2.45) is 0 Å². The summed E-state index contributed by atoms with van der Waals surface area (Å²) in [5.41, 5.74) is 1.52. The summed E-state index contributed by atoms with van der Waals surface area (Å²) < 4.78 is 27.3. The van der Waals surface area contributed by atoms with Crippen LogP contribution in [0.25, 0.3) is 0 Å². The number of sulfonamides is 1. The Kier molecular flexibility index (Phi) is 5.10. The third-order valence-corrected chi connectivity index (χ3v) is 6.37. The van der Waals surface area contributed by atoms with Crippen molar-refractivity contribution in [3.63, 3.8) is 0 Å². The van der Waals surface area contributed by atoms with Gasteiger partial charge in [-0.3, -0.25) is 4.79 Å². The second-order valence-electron chi connectivity index (χ2n) is 6.73. The van der Waals surface area contributed by atoms with Crippen LogP contribution in [0.2, 0.25) is 5.02 Å². The first-order valence-corrected chi connectivity index (χ1v) is 10.3. The van der Waals surface area contributed by atoms with E-state index in [4.69, 9.17) is 11.6 Å². The van der Waals surface area contributed by atoms with E-state index in [0.717, 1.165) is 24.0 Å². The molecule has 0 unspecified atom stereocenters. The minimum absolute atomic E-state index is 0.140. The highest BCUT2D eigenvalue weighted by Crippen LogP contribution is 2.45. The van der Waals surface area contributed by atoms with Crippen molar-refractivity contribution in [3.8, 4) is 0 Å². The molecule has 2 aromatic carbocycles. The molecule has 7 heteroatoms. The quantitative estimate of drug-likeness (QED) is 0.793. The SMILES string of the molecule is Cc1ccc(S(=O)(=O)N[C@@H](C)C(=O)NC2(c3ccc(Cl)cc3)CC2)cc1. The lowest BCUT2D eigenvalue weighted by Gasteiger charge is -2.21. The lowest BCUT2D eigenvalue weighted by Crippen LogP contribution is -2.48. The van der Waals surface area contributed by atoms with Gasteiger partial charge in [-0.25, -0.2) is 8.42 Å². The van der Waals surface area contributed by atoms with Gasteiger partial charge in [-0.2, -0.15) is 4.72 Å². The summed E-state index contributed by atoms with van der Waals surface area (Å²) >= 11 is 5.91. The van der Waals surface area contributed by atoms with Crippen molar-refractivity contribution in [2.75, 3.05) is 0 Å². The van der Waals surface area contributed by atoms with Crippen LogP contribution in [-0.4, -0.2) is 20.4 Å². The largest absolute Gasteiger partial charge is 0.345 e. The molecular formula is C19H21ClN2O3S. The van der Waals surface area contributed by atoms with E-state index in [-0.39, 0.29) is 10.8 Å². The van der Waals surface area contributed by atoms with Crippen molar-refractivity contribution >= 4 is 27.5 Å². The summed E-state index contributed by atoms with van der Waals surface area (Å²) in [5.74, 6) is -0.354. The molecule has 2 N–H and O–H groups in total. The Bertz CT molecular complexity index is 905. The van der Waals surface area contributed by atoms with Gasteiger partial charge in [0.05, 0.1) is 16.5 Å². The minimum atomic E-state index is -3.76. The Morgan fingerprint density at radius 1 is 1.08 bits per heavy atom. The van der Waals surface area contributed by atoms with E-state index in [0.29, 0.717) is 5.02 Å². The fourth-order valence-electron chi connectivity index (χ4n) is 2.80. The van der Waals surface area contributed by atoms with Gasteiger partial charge < -0.3 is 5.32 Å². The number of hydrogen-bond donors (Lipinski definition) is 2. The molecule has 1 amide bonds. The lowest BCUT2D eigenvalue weighted by molar-refractivity contribution is -0.123. The molecular weight excluding hydrogens is 372 g/mol. The summed E-state index contributed by atoms with van der Waals surface area (Å²) in [6, 6.07) is 13.0. The zero-order valence-corrected chi connectivity index (χ0v) is 16.2. The second-order valence-corrected chi connectivity index (χ2v) is 8.88. The first kappa shape index (κ1) is 18.9. The third-order valence-electron chi connectivity index (χ3n) is 4.57. The molecule has 26 heavy (non-hydrogen) atoms. The zero-order valence-electron chi connectivity index (χ0n) is 14.6. The summed E-state index contributed by atoms with van der Waals surface area (Å²) in [7, 11) is -3.76. The molecule has 0 radical (unpaired) electrons. The van der Waals surface area contributed by atoms with E-state index in [9.17, 15) is 13.2 Å². The van der Waals surface area contributed by atoms with Crippen LogP contribution in [0.5, 0.6) is 0 Å². The Hall–Kier alpha value is -1.89. The third kappa shape index (κ3) is 4.09. The van der Waals surface area contributed by atoms with E-state index >= 15 is 0 Å². The number of halogens is 1. The summed E-state index contributed by atoms with van der Waals surface area (Å²) in [4.78, 5) is 12.7. The highest BCUT2D eigenvalue weighted by atomic mass is 35.5. The van der Waals surface area contributed by atoms with E-state index in [1.165, 1.54) is 12.1 Å². The summed E-state index contributed by atoms with van der Waals surface area (Å²) in [5, 5.41) is 3.61. The molecule has 0 heterocycles.